The Labute approximate surface area is 376 Å². The molecule has 0 saturated carbocycles. The smallest absolute Gasteiger partial charge is 0.308 e. The van der Waals surface area contributed by atoms with Crippen molar-refractivity contribution in [2.24, 2.45) is 23.5 Å². The predicted octanol–water partition coefficient (Wildman–Crippen LogP) is 0.619. The summed E-state index contributed by atoms with van der Waals surface area (Å²) in [5.41, 5.74) is 6.04. The van der Waals surface area contributed by atoms with Gasteiger partial charge in [0.1, 0.15) is 12.2 Å². The number of aliphatic hydroxyl groups excluding tert-OH is 10. The van der Waals surface area contributed by atoms with E-state index in [0.717, 1.165) is 0 Å². The third-order valence-electron chi connectivity index (χ3n) is 12.1. The lowest BCUT2D eigenvalue weighted by Gasteiger charge is -2.46. The average molecular weight is 910 g/mol. The van der Waals surface area contributed by atoms with Crippen LogP contribution in [0, 0.1) is 17.8 Å². The number of carbonyl (C=O) groups excluding carboxylic acids is 1. The molecule has 364 valence electrons. The predicted molar refractivity (Wildman–Crippen MR) is 236 cm³/mol. The average Bonchev–Trinajstić information content (AvgIpc) is 3.22. The molecule has 0 aromatic rings. The van der Waals surface area contributed by atoms with Gasteiger partial charge >= 0.3 is 5.97 Å². The number of carbonyl (C=O) groups is 1. The summed E-state index contributed by atoms with van der Waals surface area (Å²) in [6, 6.07) is -1.09. The van der Waals surface area contributed by atoms with Crippen LogP contribution in [0.1, 0.15) is 79.1 Å². The first-order chi connectivity index (χ1) is 30.2. The van der Waals surface area contributed by atoms with Crippen LogP contribution in [0.2, 0.25) is 0 Å². The van der Waals surface area contributed by atoms with Crippen molar-refractivity contribution in [2.45, 2.75) is 177 Å². The van der Waals surface area contributed by atoms with Crippen LogP contribution in [0.4, 0.5) is 0 Å². The lowest BCUT2D eigenvalue weighted by molar-refractivity contribution is -0.312. The summed E-state index contributed by atoms with van der Waals surface area (Å²) in [5, 5.41) is 118. The fourth-order valence-electron chi connectivity index (χ4n) is 7.95. The Hall–Kier alpha value is -2.95. The SMILES string of the molecule is C[C@@H]1[C@H](O)[C@@H](C)C=CC=CC=CC=CC=CC=CC=C[C@H](O[C@@H]2O[C@H](C)[C@@H](O)[C@H](N)[C@@H]2O)C[C@@H]2O[C@](O)(C[C@@H](O)C[C@@H](O)[C@H](O)CC[C@@H](O)C[C@@H](O)CC(=O)O[C@H]1C)C[C@H](O)[C@H]2CO. The van der Waals surface area contributed by atoms with Gasteiger partial charge in [-0.05, 0) is 33.1 Å². The quantitative estimate of drug-likeness (QED) is 0.173. The van der Waals surface area contributed by atoms with Crippen LogP contribution in [0.15, 0.2) is 85.1 Å². The van der Waals surface area contributed by atoms with E-state index >= 15 is 0 Å². The molecular formula is C47H75NO16. The minimum Gasteiger partial charge on any atom is -0.462 e. The Bertz CT molecular complexity index is 1580. The summed E-state index contributed by atoms with van der Waals surface area (Å²) in [6.45, 7) is 6.28. The molecule has 0 aliphatic carbocycles. The lowest BCUT2D eigenvalue weighted by Crippen LogP contribution is -2.61. The fraction of sp³-hybridized carbons (Fsp3) is 0.681. The van der Waals surface area contributed by atoms with Crippen LogP contribution in [0.25, 0.3) is 0 Å². The second-order valence-electron chi connectivity index (χ2n) is 17.6. The second kappa shape index (κ2) is 27.6. The molecule has 17 heteroatoms. The first-order valence-electron chi connectivity index (χ1n) is 22.3. The van der Waals surface area contributed by atoms with Crippen LogP contribution in [0.5, 0.6) is 0 Å². The van der Waals surface area contributed by atoms with Gasteiger partial charge in [0.25, 0.3) is 0 Å². The van der Waals surface area contributed by atoms with E-state index in [4.69, 9.17) is 24.7 Å². The molecular weight excluding hydrogens is 835 g/mol. The molecule has 0 unspecified atom stereocenters. The van der Waals surface area contributed by atoms with E-state index in [0.29, 0.717) is 0 Å². The van der Waals surface area contributed by atoms with E-state index in [1.54, 1.807) is 63.3 Å². The van der Waals surface area contributed by atoms with Gasteiger partial charge in [0.15, 0.2) is 12.1 Å². The molecule has 3 rings (SSSR count). The van der Waals surface area contributed by atoms with E-state index in [9.17, 15) is 61.0 Å². The number of aliphatic hydroxyl groups is 11. The monoisotopic (exact) mass is 910 g/mol. The number of nitrogens with two attached hydrogens (primary N) is 1. The van der Waals surface area contributed by atoms with E-state index in [1.165, 1.54) is 0 Å². The first-order valence-corrected chi connectivity index (χ1v) is 22.3. The molecule has 0 radical (unpaired) electrons. The van der Waals surface area contributed by atoms with Crippen molar-refractivity contribution >= 4 is 5.97 Å². The maximum absolute atomic E-state index is 12.6. The highest BCUT2D eigenvalue weighted by atomic mass is 16.7. The molecule has 17 nitrogen and oxygen atoms in total. The summed E-state index contributed by atoms with van der Waals surface area (Å²) >= 11 is 0. The standard InChI is InChI=1S/C47H75NO16/c1-28-17-15-13-11-9-7-5-6-8-10-12-14-16-18-35(63-46-45(59)42(48)44(58)31(4)62-46)24-40-36(27-49)39(55)26-47(60,64-40)25-34(52)22-38(54)37(53)20-19-32(50)21-33(51)23-41(56)61-30(3)29(2)43(28)57/h5-18,28-40,42-46,49-55,57-60H,19-27,48H2,1-4H3/t28-,29-,30-,31+,32+,33+,34-,35-,36+,37+,38+,39-,40-,42-,43+,44+,45-,46-,47+/m0/s1. The molecule has 0 aromatic heterocycles. The molecule has 0 spiro atoms. The van der Waals surface area contributed by atoms with Crippen molar-refractivity contribution < 1.29 is 79.9 Å². The van der Waals surface area contributed by atoms with Crippen molar-refractivity contribution in [1.82, 2.24) is 0 Å². The zero-order valence-corrected chi connectivity index (χ0v) is 37.4. The van der Waals surface area contributed by atoms with Gasteiger partial charge in [0.2, 0.25) is 0 Å². The van der Waals surface area contributed by atoms with Crippen LogP contribution >= 0.6 is 0 Å². The molecule has 3 aliphatic rings. The topological polar surface area (TPSA) is 303 Å². The highest BCUT2D eigenvalue weighted by Gasteiger charge is 2.48. The summed E-state index contributed by atoms with van der Waals surface area (Å²) in [7, 11) is 0. The van der Waals surface area contributed by atoms with Gasteiger partial charge in [0, 0.05) is 43.4 Å². The van der Waals surface area contributed by atoms with Crippen LogP contribution in [-0.4, -0.2) is 166 Å². The minimum atomic E-state index is -2.16. The van der Waals surface area contributed by atoms with Crippen molar-refractivity contribution in [3.8, 4) is 0 Å². The Kier molecular flexibility index (Phi) is 23.9. The maximum atomic E-state index is 12.6. The Morgan fingerprint density at radius 1 is 0.656 bits per heavy atom. The van der Waals surface area contributed by atoms with Crippen molar-refractivity contribution in [3.05, 3.63) is 85.1 Å². The zero-order chi connectivity index (χ0) is 47.6. The molecule has 2 saturated heterocycles. The summed E-state index contributed by atoms with van der Waals surface area (Å²) in [6.07, 6.45) is 6.23. The van der Waals surface area contributed by atoms with Gasteiger partial charge in [-0.25, -0.2) is 0 Å². The number of allylic oxidation sites excluding steroid dienone is 12. The Morgan fingerprint density at radius 3 is 1.83 bits per heavy atom. The van der Waals surface area contributed by atoms with E-state index in [2.05, 4.69) is 0 Å². The molecule has 3 heterocycles. The van der Waals surface area contributed by atoms with Gasteiger partial charge in [-0.2, -0.15) is 0 Å². The van der Waals surface area contributed by atoms with Crippen molar-refractivity contribution in [2.75, 3.05) is 6.61 Å². The largest absolute Gasteiger partial charge is 0.462 e. The number of ether oxygens (including phenoxy) is 4. The molecule has 19 atom stereocenters. The summed E-state index contributed by atoms with van der Waals surface area (Å²) in [4.78, 5) is 12.6. The van der Waals surface area contributed by atoms with Crippen LogP contribution in [0.3, 0.4) is 0 Å². The third kappa shape index (κ3) is 18.4. The van der Waals surface area contributed by atoms with Crippen LogP contribution in [-0.2, 0) is 23.7 Å². The molecule has 3 aliphatic heterocycles. The fourth-order valence-corrected chi connectivity index (χ4v) is 7.95. The molecule has 2 fully saturated rings. The Morgan fingerprint density at radius 2 is 1.23 bits per heavy atom. The van der Waals surface area contributed by atoms with Gasteiger partial charge in [-0.3, -0.25) is 4.79 Å². The lowest BCUT2D eigenvalue weighted by atomic mass is 9.83. The van der Waals surface area contributed by atoms with E-state index < -0.39 is 148 Å². The number of esters is 1. The molecule has 2 bridgehead atoms. The number of rotatable bonds is 3. The normalized spacial score (nSPS) is 42.6. The number of fused-ring (bicyclic) bond motifs is 2. The highest BCUT2D eigenvalue weighted by Crippen LogP contribution is 2.38. The molecule has 0 aromatic carbocycles. The number of hydrogen-bond acceptors (Lipinski definition) is 17. The second-order valence-corrected chi connectivity index (χ2v) is 17.6. The number of hydrogen-bond donors (Lipinski definition) is 12. The van der Waals surface area contributed by atoms with Crippen molar-refractivity contribution in [3.63, 3.8) is 0 Å². The minimum absolute atomic E-state index is 0.0734. The molecule has 0 amide bonds. The maximum Gasteiger partial charge on any atom is 0.308 e. The van der Waals surface area contributed by atoms with Gasteiger partial charge < -0.3 is 80.9 Å². The van der Waals surface area contributed by atoms with Gasteiger partial charge in [0.05, 0.1) is 86.2 Å². The van der Waals surface area contributed by atoms with E-state index in [1.807, 2.05) is 49.5 Å². The highest BCUT2D eigenvalue weighted by molar-refractivity contribution is 5.70. The molecule has 64 heavy (non-hydrogen) atoms. The van der Waals surface area contributed by atoms with Crippen LogP contribution < -0.4 is 5.73 Å². The van der Waals surface area contributed by atoms with Gasteiger partial charge in [-0.15, -0.1) is 0 Å². The Balaban J connectivity index is 1.83. The number of cyclic esters (lactones) is 1. The summed E-state index contributed by atoms with van der Waals surface area (Å²) < 4.78 is 23.4. The summed E-state index contributed by atoms with van der Waals surface area (Å²) in [5.74, 6) is -4.50. The van der Waals surface area contributed by atoms with Gasteiger partial charge in [-0.1, -0.05) is 98.9 Å². The third-order valence-corrected chi connectivity index (χ3v) is 12.1. The van der Waals surface area contributed by atoms with E-state index in [-0.39, 0.29) is 31.6 Å². The molecule has 13 N–H and O–H groups in total. The zero-order valence-electron chi connectivity index (χ0n) is 37.4. The first kappa shape index (κ1) is 55.4. The van der Waals surface area contributed by atoms with Crippen molar-refractivity contribution in [1.29, 1.82) is 0 Å².